The van der Waals surface area contributed by atoms with E-state index >= 15 is 0 Å². The van der Waals surface area contributed by atoms with Gasteiger partial charge in [0.25, 0.3) is 0 Å². The van der Waals surface area contributed by atoms with Gasteiger partial charge in [0.1, 0.15) is 17.5 Å². The average Bonchev–Trinajstić information content (AvgIpc) is 2.80. The maximum atomic E-state index is 12.5. The summed E-state index contributed by atoms with van der Waals surface area (Å²) in [5.41, 5.74) is 1.03. The summed E-state index contributed by atoms with van der Waals surface area (Å²) in [7, 11) is 0. The molecule has 1 heterocycles. The van der Waals surface area contributed by atoms with E-state index in [1.165, 1.54) is 0 Å². The van der Waals surface area contributed by atoms with E-state index in [2.05, 4.69) is 6.58 Å². The molecule has 0 radical (unpaired) electrons. The summed E-state index contributed by atoms with van der Waals surface area (Å²) in [4.78, 5) is 26.3. The molecule has 1 unspecified atom stereocenters. The number of hydrogen-bond donors (Lipinski definition) is 0. The molecule has 7 heteroatoms. The van der Waals surface area contributed by atoms with Gasteiger partial charge in [-0.1, -0.05) is 18.6 Å². The molecule has 0 bridgehead atoms. The second kappa shape index (κ2) is 14.1. The highest BCUT2D eigenvalue weighted by molar-refractivity contribution is 5.89. The number of nitrogens with zero attached hydrogens (tertiary/aromatic N) is 1. The summed E-state index contributed by atoms with van der Waals surface area (Å²) in [6, 6.07) is 7.06. The first-order valence-electron chi connectivity index (χ1n) is 12.7. The molecule has 0 spiro atoms. The Labute approximate surface area is 210 Å². The van der Waals surface area contributed by atoms with E-state index in [-0.39, 0.29) is 24.3 Å². The first kappa shape index (κ1) is 28.7. The van der Waals surface area contributed by atoms with Crippen LogP contribution in [0.15, 0.2) is 36.4 Å². The van der Waals surface area contributed by atoms with Gasteiger partial charge in [0, 0.05) is 32.5 Å². The zero-order chi connectivity index (χ0) is 25.8. The van der Waals surface area contributed by atoms with Crippen LogP contribution in [0.3, 0.4) is 0 Å². The van der Waals surface area contributed by atoms with Crippen LogP contribution in [0.5, 0.6) is 5.75 Å². The van der Waals surface area contributed by atoms with Crippen molar-refractivity contribution in [1.82, 2.24) is 4.90 Å². The molecule has 0 aliphatic carbocycles. The van der Waals surface area contributed by atoms with Crippen LogP contribution in [0.2, 0.25) is 0 Å². The van der Waals surface area contributed by atoms with Gasteiger partial charge in [0.15, 0.2) is 0 Å². The number of benzene rings is 1. The van der Waals surface area contributed by atoms with Crippen molar-refractivity contribution >= 4 is 12.1 Å². The Kier molecular flexibility index (Phi) is 11.6. The number of amides is 1. The Hall–Kier alpha value is -2.54. The number of carbonyl (C=O) groups is 2. The lowest BCUT2D eigenvalue weighted by Crippen LogP contribution is -2.43. The normalized spacial score (nSPS) is 15.4. The van der Waals surface area contributed by atoms with E-state index in [0.29, 0.717) is 38.1 Å². The molecule has 1 aliphatic rings. The number of hydrogen-bond acceptors (Lipinski definition) is 6. The van der Waals surface area contributed by atoms with Gasteiger partial charge in [0.2, 0.25) is 0 Å². The van der Waals surface area contributed by atoms with E-state index in [1.807, 2.05) is 34.6 Å². The molecule has 0 aromatic heterocycles. The number of ether oxygens (including phenoxy) is 4. The van der Waals surface area contributed by atoms with Crippen molar-refractivity contribution in [3.63, 3.8) is 0 Å². The van der Waals surface area contributed by atoms with E-state index in [1.54, 1.807) is 29.2 Å². The molecule has 1 aromatic carbocycles. The topological polar surface area (TPSA) is 74.3 Å². The van der Waals surface area contributed by atoms with E-state index in [4.69, 9.17) is 18.9 Å². The van der Waals surface area contributed by atoms with Crippen LogP contribution in [-0.4, -0.2) is 61.1 Å². The highest BCUT2D eigenvalue weighted by atomic mass is 16.6. The number of likely N-dealkylation sites (tertiary alicyclic amines) is 1. The van der Waals surface area contributed by atoms with Gasteiger partial charge in [0.05, 0.1) is 18.3 Å². The fraction of sp³-hybridized carbons (Fsp3) is 0.643. The van der Waals surface area contributed by atoms with Gasteiger partial charge >= 0.3 is 12.1 Å². The number of carbonyl (C=O) groups excluding carboxylic acids is 2. The van der Waals surface area contributed by atoms with Crippen LogP contribution in [0.25, 0.3) is 0 Å². The standard InChI is InChI=1S/C28H43NO6/c1-21(2)22(3)32-19-9-7-8-10-20-33-24-13-11-23(12-14-24)26(30)34-25-15-17-29(18-16-25)27(31)35-28(4,5)6/h11-14,22,25H,1,7-10,15-20H2,2-6H3. The SMILES string of the molecule is C=C(C)C(C)OCCCCCCOc1ccc(C(=O)OC2CCN(C(=O)OC(C)(C)C)CC2)cc1. The van der Waals surface area contributed by atoms with Crippen LogP contribution in [-0.2, 0) is 14.2 Å². The summed E-state index contributed by atoms with van der Waals surface area (Å²) in [6.45, 7) is 15.9. The van der Waals surface area contributed by atoms with Crippen LogP contribution in [0.4, 0.5) is 4.79 Å². The molecule has 1 aromatic rings. The Balaban J connectivity index is 1.61. The Bertz CT molecular complexity index is 806. The maximum Gasteiger partial charge on any atom is 0.410 e. The highest BCUT2D eigenvalue weighted by Gasteiger charge is 2.28. The van der Waals surface area contributed by atoms with Gasteiger partial charge in [-0.2, -0.15) is 0 Å². The van der Waals surface area contributed by atoms with Crippen molar-refractivity contribution in [2.45, 2.75) is 91.0 Å². The quantitative estimate of drug-likeness (QED) is 0.199. The molecule has 7 nitrogen and oxygen atoms in total. The largest absolute Gasteiger partial charge is 0.494 e. The maximum absolute atomic E-state index is 12.5. The lowest BCUT2D eigenvalue weighted by Gasteiger charge is -2.33. The van der Waals surface area contributed by atoms with E-state index < -0.39 is 5.60 Å². The van der Waals surface area contributed by atoms with Crippen molar-refractivity contribution in [2.75, 3.05) is 26.3 Å². The molecule has 196 valence electrons. The van der Waals surface area contributed by atoms with Crippen molar-refractivity contribution in [3.8, 4) is 5.75 Å². The van der Waals surface area contributed by atoms with Gasteiger partial charge < -0.3 is 23.8 Å². The van der Waals surface area contributed by atoms with Gasteiger partial charge in [-0.3, -0.25) is 0 Å². The number of piperidine rings is 1. The van der Waals surface area contributed by atoms with Crippen molar-refractivity contribution < 1.29 is 28.5 Å². The number of esters is 1. The van der Waals surface area contributed by atoms with Crippen molar-refractivity contribution in [1.29, 1.82) is 0 Å². The monoisotopic (exact) mass is 489 g/mol. The third-order valence-electron chi connectivity index (χ3n) is 5.83. The summed E-state index contributed by atoms with van der Waals surface area (Å²) in [6.07, 6.45) is 5.00. The second-order valence-corrected chi connectivity index (χ2v) is 10.2. The first-order chi connectivity index (χ1) is 16.5. The zero-order valence-electron chi connectivity index (χ0n) is 22.1. The van der Waals surface area contributed by atoms with Crippen LogP contribution in [0.1, 0.15) is 83.5 Å². The zero-order valence-corrected chi connectivity index (χ0v) is 22.1. The van der Waals surface area contributed by atoms with Crippen LogP contribution < -0.4 is 4.74 Å². The van der Waals surface area contributed by atoms with Gasteiger partial charge in [-0.25, -0.2) is 9.59 Å². The smallest absolute Gasteiger partial charge is 0.410 e. The third-order valence-corrected chi connectivity index (χ3v) is 5.83. The average molecular weight is 490 g/mol. The summed E-state index contributed by atoms with van der Waals surface area (Å²) in [5, 5.41) is 0. The molecule has 1 saturated heterocycles. The van der Waals surface area contributed by atoms with E-state index in [0.717, 1.165) is 43.6 Å². The summed E-state index contributed by atoms with van der Waals surface area (Å²) >= 11 is 0. The van der Waals surface area contributed by atoms with Gasteiger partial charge in [-0.05, 0) is 78.1 Å². The third kappa shape index (κ3) is 11.2. The number of rotatable bonds is 12. The van der Waals surface area contributed by atoms with Crippen molar-refractivity contribution in [2.24, 2.45) is 0 Å². The fourth-order valence-corrected chi connectivity index (χ4v) is 3.54. The Morgan fingerprint density at radius 1 is 1.03 bits per heavy atom. The van der Waals surface area contributed by atoms with Crippen molar-refractivity contribution in [3.05, 3.63) is 42.0 Å². The molecule has 1 atom stereocenters. The first-order valence-corrected chi connectivity index (χ1v) is 12.7. The molecule has 1 amide bonds. The van der Waals surface area contributed by atoms with Crippen LogP contribution >= 0.6 is 0 Å². The molecular formula is C28H43NO6. The predicted molar refractivity (Wildman–Crippen MR) is 137 cm³/mol. The highest BCUT2D eigenvalue weighted by Crippen LogP contribution is 2.20. The molecule has 2 rings (SSSR count). The fourth-order valence-electron chi connectivity index (χ4n) is 3.54. The van der Waals surface area contributed by atoms with Crippen LogP contribution in [0, 0.1) is 0 Å². The Morgan fingerprint density at radius 2 is 1.63 bits per heavy atom. The molecule has 35 heavy (non-hydrogen) atoms. The molecule has 1 fully saturated rings. The Morgan fingerprint density at radius 3 is 2.20 bits per heavy atom. The lowest BCUT2D eigenvalue weighted by atomic mass is 10.1. The molecule has 1 aliphatic heterocycles. The summed E-state index contributed by atoms with van der Waals surface area (Å²) in [5.74, 6) is 0.390. The minimum absolute atomic E-state index is 0.121. The molecule has 0 saturated carbocycles. The molecule has 0 N–H and O–H groups in total. The minimum Gasteiger partial charge on any atom is -0.494 e. The van der Waals surface area contributed by atoms with Gasteiger partial charge in [-0.15, -0.1) is 0 Å². The minimum atomic E-state index is -0.519. The predicted octanol–water partition coefficient (Wildman–Crippen LogP) is 6.16. The van der Waals surface area contributed by atoms with E-state index in [9.17, 15) is 9.59 Å². The summed E-state index contributed by atoms with van der Waals surface area (Å²) < 4.78 is 22.5. The second-order valence-electron chi connectivity index (χ2n) is 10.2. The molecular weight excluding hydrogens is 446 g/mol. The number of unbranched alkanes of at least 4 members (excludes halogenated alkanes) is 3. The lowest BCUT2D eigenvalue weighted by molar-refractivity contribution is -0.00340.